The van der Waals surface area contributed by atoms with E-state index in [1.54, 1.807) is 0 Å². The summed E-state index contributed by atoms with van der Waals surface area (Å²) in [6.07, 6.45) is 1.92. The maximum atomic E-state index is 5.50. The van der Waals surface area contributed by atoms with Crippen LogP contribution < -0.4 is 17.2 Å². The lowest BCUT2D eigenvalue weighted by atomic mass is 10.2. The fourth-order valence-electron chi connectivity index (χ4n) is 0.621. The first-order valence-electron chi connectivity index (χ1n) is 3.44. The minimum atomic E-state index is 0. The van der Waals surface area contributed by atoms with E-state index in [0.29, 0.717) is 6.54 Å². The van der Waals surface area contributed by atoms with Gasteiger partial charge < -0.3 is 17.2 Å². The van der Waals surface area contributed by atoms with Crippen molar-refractivity contribution in [2.45, 2.75) is 33.2 Å². The summed E-state index contributed by atoms with van der Waals surface area (Å²) in [6.45, 7) is 2.65. The zero-order valence-corrected chi connectivity index (χ0v) is 6.38. The molecule has 0 spiro atoms. The van der Waals surface area contributed by atoms with Gasteiger partial charge in [-0.3, -0.25) is 4.99 Å². The van der Waals surface area contributed by atoms with Crippen LogP contribution in [0.2, 0.25) is 0 Å². The summed E-state index contributed by atoms with van der Waals surface area (Å²) in [5.74, 6) is 0.157. The molecule has 0 fully saturated rings. The summed E-state index contributed by atoms with van der Waals surface area (Å²) in [7, 11) is 0. The van der Waals surface area contributed by atoms with Gasteiger partial charge in [-0.15, -0.1) is 0 Å². The molecule has 0 saturated heterocycles. The van der Waals surface area contributed by atoms with E-state index >= 15 is 0 Å². The molecule has 4 nitrogen and oxygen atoms in total. The van der Waals surface area contributed by atoms with Gasteiger partial charge in [0.2, 0.25) is 0 Å². The van der Waals surface area contributed by atoms with Gasteiger partial charge in [-0.1, -0.05) is 7.43 Å². The van der Waals surface area contributed by atoms with E-state index in [1.165, 1.54) is 0 Å². The molecule has 1 atom stereocenters. The smallest absolute Gasteiger partial charge is 0.185 e. The second-order valence-electron chi connectivity index (χ2n) is 2.43. The van der Waals surface area contributed by atoms with Crippen molar-refractivity contribution in [1.29, 1.82) is 0 Å². The molecule has 0 aliphatic rings. The number of hydrogen-bond acceptors (Lipinski definition) is 2. The molecule has 0 aromatic heterocycles. The van der Waals surface area contributed by atoms with Crippen molar-refractivity contribution >= 4 is 5.96 Å². The van der Waals surface area contributed by atoms with Gasteiger partial charge in [0, 0.05) is 12.6 Å². The van der Waals surface area contributed by atoms with E-state index in [0.717, 1.165) is 12.8 Å². The maximum Gasteiger partial charge on any atom is 0.185 e. The summed E-state index contributed by atoms with van der Waals surface area (Å²) in [5.41, 5.74) is 15.7. The van der Waals surface area contributed by atoms with Gasteiger partial charge in [0.15, 0.2) is 5.96 Å². The maximum absolute atomic E-state index is 5.50. The fraction of sp³-hybridized carbons (Fsp3) is 0.857. The second-order valence-corrected chi connectivity index (χ2v) is 2.43. The molecule has 4 heteroatoms. The van der Waals surface area contributed by atoms with Crippen LogP contribution >= 0.6 is 0 Å². The summed E-state index contributed by atoms with van der Waals surface area (Å²) in [6, 6.07) is 0.245. The standard InChI is InChI=1S/C6H16N4.CH4/c1-5(7)3-2-4-10-6(8)9;/h5H,2-4,7H2,1H3,(H4,8,9,10);1H4. The number of aliphatic imine (C=N–C) groups is 1. The molecular weight excluding hydrogens is 140 g/mol. The van der Waals surface area contributed by atoms with E-state index in [4.69, 9.17) is 17.2 Å². The molecule has 0 aliphatic heterocycles. The third kappa shape index (κ3) is 12.4. The van der Waals surface area contributed by atoms with Gasteiger partial charge in [-0.25, -0.2) is 0 Å². The van der Waals surface area contributed by atoms with Crippen molar-refractivity contribution in [2.24, 2.45) is 22.2 Å². The van der Waals surface area contributed by atoms with Crippen LogP contribution in [0.3, 0.4) is 0 Å². The Morgan fingerprint density at radius 1 is 1.45 bits per heavy atom. The summed E-state index contributed by atoms with van der Waals surface area (Å²) in [4.78, 5) is 3.81. The highest BCUT2D eigenvalue weighted by molar-refractivity contribution is 5.75. The van der Waals surface area contributed by atoms with Crippen LogP contribution in [0, 0.1) is 0 Å². The Morgan fingerprint density at radius 2 is 2.00 bits per heavy atom. The average Bonchev–Trinajstić information content (AvgIpc) is 1.79. The third-order valence-electron chi connectivity index (χ3n) is 1.11. The lowest BCUT2D eigenvalue weighted by Crippen LogP contribution is -2.23. The van der Waals surface area contributed by atoms with Crippen LogP contribution in [0.4, 0.5) is 0 Å². The number of guanidine groups is 1. The Morgan fingerprint density at radius 3 is 2.36 bits per heavy atom. The van der Waals surface area contributed by atoms with E-state index in [9.17, 15) is 0 Å². The predicted molar refractivity (Wildman–Crippen MR) is 50.3 cm³/mol. The topological polar surface area (TPSA) is 90.4 Å². The van der Waals surface area contributed by atoms with Gasteiger partial charge in [-0.05, 0) is 19.8 Å². The minimum absolute atomic E-state index is 0. The molecule has 0 aromatic rings. The van der Waals surface area contributed by atoms with Crippen LogP contribution in [0.5, 0.6) is 0 Å². The summed E-state index contributed by atoms with van der Waals surface area (Å²) >= 11 is 0. The van der Waals surface area contributed by atoms with Crippen LogP contribution in [0.1, 0.15) is 27.2 Å². The predicted octanol–water partition coefficient (Wildman–Crippen LogP) is 0.0233. The lowest BCUT2D eigenvalue weighted by Gasteiger charge is -2.00. The normalized spacial score (nSPS) is 11.5. The first kappa shape index (κ1) is 12.9. The Balaban J connectivity index is 0. The Kier molecular flexibility index (Phi) is 8.58. The molecule has 0 amide bonds. The van der Waals surface area contributed by atoms with Crippen molar-refractivity contribution in [2.75, 3.05) is 6.54 Å². The number of hydrogen-bond donors (Lipinski definition) is 3. The Labute approximate surface area is 68.8 Å². The molecule has 0 aromatic carbocycles. The summed E-state index contributed by atoms with van der Waals surface area (Å²) < 4.78 is 0. The van der Waals surface area contributed by atoms with Crippen molar-refractivity contribution in [3.05, 3.63) is 0 Å². The van der Waals surface area contributed by atoms with Crippen molar-refractivity contribution in [3.8, 4) is 0 Å². The first-order valence-corrected chi connectivity index (χ1v) is 3.44. The number of nitrogens with two attached hydrogens (primary N) is 3. The molecule has 0 saturated carbocycles. The highest BCUT2D eigenvalue weighted by Crippen LogP contribution is 1.92. The number of rotatable bonds is 4. The van der Waals surface area contributed by atoms with E-state index < -0.39 is 0 Å². The third-order valence-corrected chi connectivity index (χ3v) is 1.11. The van der Waals surface area contributed by atoms with Crippen LogP contribution in [0.15, 0.2) is 4.99 Å². The molecule has 0 heterocycles. The Bertz CT molecular complexity index is 105. The second kappa shape index (κ2) is 7.34. The highest BCUT2D eigenvalue weighted by atomic mass is 15.0. The van der Waals surface area contributed by atoms with Crippen LogP contribution in [-0.2, 0) is 0 Å². The fourth-order valence-corrected chi connectivity index (χ4v) is 0.621. The van der Waals surface area contributed by atoms with Gasteiger partial charge in [0.05, 0.1) is 0 Å². The molecule has 6 N–H and O–H groups in total. The Hall–Kier alpha value is -0.770. The zero-order valence-electron chi connectivity index (χ0n) is 6.38. The highest BCUT2D eigenvalue weighted by Gasteiger charge is 1.91. The molecule has 68 valence electrons. The summed E-state index contributed by atoms with van der Waals surface area (Å²) in [5, 5.41) is 0. The molecule has 0 aliphatic carbocycles. The largest absolute Gasteiger partial charge is 0.370 e. The molecule has 1 unspecified atom stereocenters. The SMILES string of the molecule is C.CC(N)CCCN=C(N)N. The zero-order chi connectivity index (χ0) is 7.98. The molecule has 0 rings (SSSR count). The van der Waals surface area contributed by atoms with E-state index in [2.05, 4.69) is 4.99 Å². The number of nitrogens with zero attached hydrogens (tertiary/aromatic N) is 1. The van der Waals surface area contributed by atoms with Crippen molar-refractivity contribution in [1.82, 2.24) is 0 Å². The lowest BCUT2D eigenvalue weighted by molar-refractivity contribution is 0.631. The van der Waals surface area contributed by atoms with Gasteiger partial charge in [0.1, 0.15) is 0 Å². The van der Waals surface area contributed by atoms with Crippen molar-refractivity contribution in [3.63, 3.8) is 0 Å². The van der Waals surface area contributed by atoms with Crippen molar-refractivity contribution < 1.29 is 0 Å². The van der Waals surface area contributed by atoms with Crippen LogP contribution in [-0.4, -0.2) is 18.5 Å². The quantitative estimate of drug-likeness (QED) is 0.308. The molecule has 11 heavy (non-hydrogen) atoms. The van der Waals surface area contributed by atoms with E-state index in [-0.39, 0.29) is 19.4 Å². The monoisotopic (exact) mass is 160 g/mol. The van der Waals surface area contributed by atoms with Gasteiger partial charge in [0.25, 0.3) is 0 Å². The van der Waals surface area contributed by atoms with Gasteiger partial charge in [-0.2, -0.15) is 0 Å². The molecule has 0 bridgehead atoms. The van der Waals surface area contributed by atoms with Gasteiger partial charge >= 0.3 is 0 Å². The first-order chi connectivity index (χ1) is 4.63. The molecular formula is C7H20N4. The minimum Gasteiger partial charge on any atom is -0.370 e. The average molecular weight is 160 g/mol. The molecule has 0 radical (unpaired) electrons. The van der Waals surface area contributed by atoms with Crippen LogP contribution in [0.25, 0.3) is 0 Å². The van der Waals surface area contributed by atoms with E-state index in [1.807, 2.05) is 6.92 Å².